The average molecular weight is 409 g/mol. The Hall–Kier alpha value is -4.01. The minimum atomic E-state index is -0.337. The van der Waals surface area contributed by atoms with Gasteiger partial charge in [-0.1, -0.05) is 18.7 Å². The summed E-state index contributed by atoms with van der Waals surface area (Å²) in [5, 5.41) is 5.37. The molecule has 158 valence electrons. The normalized spacial score (nSPS) is 12.3. The number of rotatable bonds is 8. The molecule has 7 N–H and O–H groups in total. The maximum Gasteiger partial charge on any atom is 0.321 e. The Bertz CT molecular complexity index is 1030. The number of imidazole rings is 1. The number of carbonyl (C=O) groups excluding carboxylic acids is 1. The van der Waals surface area contributed by atoms with Gasteiger partial charge in [-0.3, -0.25) is 5.32 Å². The molecule has 30 heavy (non-hydrogen) atoms. The van der Waals surface area contributed by atoms with E-state index in [0.29, 0.717) is 23.6 Å². The predicted molar refractivity (Wildman–Crippen MR) is 125 cm³/mol. The smallest absolute Gasteiger partial charge is 0.321 e. The SMILES string of the molecule is C=C(N)/N=C\C(=C/N)c1cc(N(C)/C=C\C=CC)c2[nH]c(NC(=O)NCC)nc2c1. The second-order valence-electron chi connectivity index (χ2n) is 6.31. The fraction of sp³-hybridized carbons (Fsp3) is 0.190. The highest BCUT2D eigenvalue weighted by Crippen LogP contribution is 2.30. The highest BCUT2D eigenvalue weighted by atomic mass is 16.2. The molecule has 2 rings (SSSR count). The van der Waals surface area contributed by atoms with E-state index in [9.17, 15) is 4.79 Å². The molecular weight excluding hydrogens is 380 g/mol. The number of fused-ring (bicyclic) bond motifs is 1. The van der Waals surface area contributed by atoms with Crippen LogP contribution in [0.2, 0.25) is 0 Å². The molecule has 2 aromatic rings. The summed E-state index contributed by atoms with van der Waals surface area (Å²) in [6.07, 6.45) is 10.7. The molecule has 0 atom stereocenters. The van der Waals surface area contributed by atoms with Crippen molar-refractivity contribution < 1.29 is 4.79 Å². The number of nitrogens with zero attached hydrogens (tertiary/aromatic N) is 3. The summed E-state index contributed by atoms with van der Waals surface area (Å²) < 4.78 is 0. The zero-order valence-electron chi connectivity index (χ0n) is 17.4. The largest absolute Gasteiger partial charge is 0.404 e. The van der Waals surface area contributed by atoms with Crippen LogP contribution in [0.1, 0.15) is 19.4 Å². The van der Waals surface area contributed by atoms with Gasteiger partial charge in [0.15, 0.2) is 0 Å². The summed E-state index contributed by atoms with van der Waals surface area (Å²) in [5.41, 5.74) is 15.0. The molecule has 0 unspecified atom stereocenters. The lowest BCUT2D eigenvalue weighted by Gasteiger charge is -2.16. The van der Waals surface area contributed by atoms with Crippen LogP contribution in [-0.2, 0) is 0 Å². The zero-order valence-corrected chi connectivity index (χ0v) is 17.4. The molecule has 2 amide bonds. The van der Waals surface area contributed by atoms with Crippen LogP contribution in [0.15, 0.2) is 60.2 Å². The highest BCUT2D eigenvalue weighted by molar-refractivity contribution is 6.12. The van der Waals surface area contributed by atoms with E-state index >= 15 is 0 Å². The Morgan fingerprint density at radius 2 is 2.17 bits per heavy atom. The number of urea groups is 1. The van der Waals surface area contributed by atoms with Crippen molar-refractivity contribution in [3.8, 4) is 0 Å². The van der Waals surface area contributed by atoms with Crippen LogP contribution in [-0.4, -0.2) is 35.8 Å². The first-order valence-electron chi connectivity index (χ1n) is 9.41. The Balaban J connectivity index is 2.58. The van der Waals surface area contributed by atoms with Gasteiger partial charge < -0.3 is 26.7 Å². The standard InChI is InChI=1S/C21H28N8O/c1-5-7-8-9-29(4)18-11-15(16(12-22)13-25-14(3)23)10-17-19(18)27-20(26-17)28-21(30)24-6-2/h5,7-13H,3,6,22-23H2,1-2,4H3,(H3,24,26,27,28,30)/b7-5?,9-8-,16-12+,25-13-. The number of allylic oxidation sites excluding steroid dienone is 4. The van der Waals surface area contributed by atoms with Crippen molar-refractivity contribution in [2.45, 2.75) is 13.8 Å². The van der Waals surface area contributed by atoms with Gasteiger partial charge in [-0.05, 0) is 37.6 Å². The molecule has 0 aliphatic carbocycles. The first-order valence-corrected chi connectivity index (χ1v) is 9.41. The quantitative estimate of drug-likeness (QED) is 0.338. The van der Waals surface area contributed by atoms with Crippen LogP contribution in [0.5, 0.6) is 0 Å². The number of benzene rings is 1. The Labute approximate surface area is 175 Å². The van der Waals surface area contributed by atoms with Gasteiger partial charge in [0.2, 0.25) is 5.95 Å². The number of aromatic amines is 1. The lowest BCUT2D eigenvalue weighted by Crippen LogP contribution is -2.28. The van der Waals surface area contributed by atoms with Crippen LogP contribution >= 0.6 is 0 Å². The lowest BCUT2D eigenvalue weighted by molar-refractivity contribution is 0.252. The number of nitrogens with two attached hydrogens (primary N) is 2. The molecule has 0 saturated carbocycles. The third-order valence-electron chi connectivity index (χ3n) is 4.02. The monoisotopic (exact) mass is 408 g/mol. The van der Waals surface area contributed by atoms with E-state index in [1.165, 1.54) is 6.20 Å². The number of nitrogens with one attached hydrogen (secondary N) is 3. The van der Waals surface area contributed by atoms with E-state index in [0.717, 1.165) is 16.8 Å². The number of hydrogen-bond acceptors (Lipinski definition) is 6. The summed E-state index contributed by atoms with van der Waals surface area (Å²) >= 11 is 0. The molecular formula is C21H28N8O. The zero-order chi connectivity index (χ0) is 22.1. The maximum absolute atomic E-state index is 11.9. The Morgan fingerprint density at radius 3 is 2.80 bits per heavy atom. The van der Waals surface area contributed by atoms with Gasteiger partial charge in [0.05, 0.1) is 16.7 Å². The summed E-state index contributed by atoms with van der Waals surface area (Å²) in [5.74, 6) is 0.512. The summed E-state index contributed by atoms with van der Waals surface area (Å²) in [4.78, 5) is 25.5. The number of anilines is 2. The third-order valence-corrected chi connectivity index (χ3v) is 4.02. The van der Waals surface area contributed by atoms with E-state index in [-0.39, 0.29) is 11.9 Å². The topological polar surface area (TPSA) is 137 Å². The number of amides is 2. The van der Waals surface area contributed by atoms with E-state index in [4.69, 9.17) is 11.5 Å². The molecule has 0 aliphatic rings. The molecule has 1 heterocycles. The molecule has 0 radical (unpaired) electrons. The van der Waals surface area contributed by atoms with E-state index < -0.39 is 0 Å². The van der Waals surface area contributed by atoms with Crippen molar-refractivity contribution in [3.05, 3.63) is 60.7 Å². The van der Waals surface area contributed by atoms with Crippen LogP contribution in [0, 0.1) is 0 Å². The van der Waals surface area contributed by atoms with Crippen molar-refractivity contribution in [2.75, 3.05) is 23.8 Å². The number of H-pyrrole nitrogens is 1. The number of aliphatic imine (C=N–C) groups is 1. The van der Waals surface area contributed by atoms with Gasteiger partial charge in [0, 0.05) is 37.8 Å². The van der Waals surface area contributed by atoms with Gasteiger partial charge in [-0.25, -0.2) is 14.8 Å². The van der Waals surface area contributed by atoms with Gasteiger partial charge in [0.25, 0.3) is 0 Å². The third kappa shape index (κ3) is 5.74. The molecule has 0 saturated heterocycles. The van der Waals surface area contributed by atoms with Gasteiger partial charge in [-0.15, -0.1) is 0 Å². The molecule has 1 aromatic heterocycles. The fourth-order valence-electron chi connectivity index (χ4n) is 2.65. The first kappa shape index (κ1) is 22.3. The van der Waals surface area contributed by atoms with Crippen molar-refractivity contribution >= 4 is 40.5 Å². The number of carbonyl (C=O) groups is 1. The maximum atomic E-state index is 11.9. The second kappa shape index (κ2) is 10.5. The van der Waals surface area contributed by atoms with Crippen molar-refractivity contribution in [1.82, 2.24) is 15.3 Å². The highest BCUT2D eigenvalue weighted by Gasteiger charge is 2.14. The van der Waals surface area contributed by atoms with E-state index in [2.05, 4.69) is 32.2 Å². The van der Waals surface area contributed by atoms with Crippen molar-refractivity contribution in [2.24, 2.45) is 16.5 Å². The van der Waals surface area contributed by atoms with Crippen LogP contribution in [0.25, 0.3) is 16.6 Å². The van der Waals surface area contributed by atoms with Crippen molar-refractivity contribution in [3.63, 3.8) is 0 Å². The van der Waals surface area contributed by atoms with Gasteiger partial charge in [0.1, 0.15) is 5.82 Å². The molecule has 9 heteroatoms. The summed E-state index contributed by atoms with van der Waals surface area (Å²) in [6, 6.07) is 3.46. The van der Waals surface area contributed by atoms with Crippen LogP contribution in [0.3, 0.4) is 0 Å². The minimum Gasteiger partial charge on any atom is -0.404 e. The minimum absolute atomic E-state index is 0.176. The molecule has 9 nitrogen and oxygen atoms in total. The van der Waals surface area contributed by atoms with Gasteiger partial charge >= 0.3 is 6.03 Å². The number of hydrogen-bond donors (Lipinski definition) is 5. The number of aromatic nitrogens is 2. The van der Waals surface area contributed by atoms with E-state index in [1.807, 2.05) is 62.4 Å². The average Bonchev–Trinajstić information content (AvgIpc) is 3.10. The van der Waals surface area contributed by atoms with Crippen LogP contribution in [0.4, 0.5) is 16.4 Å². The first-order chi connectivity index (χ1) is 14.4. The second-order valence-corrected chi connectivity index (χ2v) is 6.31. The van der Waals surface area contributed by atoms with Crippen molar-refractivity contribution in [1.29, 1.82) is 0 Å². The van der Waals surface area contributed by atoms with E-state index in [1.54, 1.807) is 6.21 Å². The molecule has 0 fully saturated rings. The molecule has 0 spiro atoms. The Morgan fingerprint density at radius 1 is 1.40 bits per heavy atom. The van der Waals surface area contributed by atoms with Gasteiger partial charge in [-0.2, -0.15) is 0 Å². The summed E-state index contributed by atoms with van der Waals surface area (Å²) in [6.45, 7) is 7.86. The lowest BCUT2D eigenvalue weighted by atomic mass is 10.1. The predicted octanol–water partition coefficient (Wildman–Crippen LogP) is 3.03. The van der Waals surface area contributed by atoms with Crippen LogP contribution < -0.4 is 27.0 Å². The molecule has 1 aromatic carbocycles. The fourth-order valence-corrected chi connectivity index (χ4v) is 2.65. The molecule has 0 bridgehead atoms. The summed E-state index contributed by atoms with van der Waals surface area (Å²) in [7, 11) is 1.91. The molecule has 0 aliphatic heterocycles. The Kier molecular flexibility index (Phi) is 7.81.